The number of rotatable bonds is 11. The molecule has 0 heterocycles. The molecule has 1 atom stereocenters. The van der Waals surface area contributed by atoms with Crippen molar-refractivity contribution in [2.45, 2.75) is 50.2 Å². The van der Waals surface area contributed by atoms with Gasteiger partial charge in [-0.2, -0.15) is 16.8 Å². The fourth-order valence-electron chi connectivity index (χ4n) is 4.01. The second-order valence-electron chi connectivity index (χ2n) is 8.73. The molecule has 1 aliphatic rings. The Morgan fingerprint density at radius 1 is 0.763 bits per heavy atom. The van der Waals surface area contributed by atoms with Gasteiger partial charge in [0, 0.05) is 22.4 Å². The molecule has 0 N–H and O–H groups in total. The van der Waals surface area contributed by atoms with Gasteiger partial charge in [0.05, 0.1) is 25.8 Å². The van der Waals surface area contributed by atoms with Crippen LogP contribution < -0.4 is 8.37 Å². The molecule has 1 unspecified atom stereocenters. The monoisotopic (exact) mass is 684 g/mol. The highest BCUT2D eigenvalue weighted by Crippen LogP contribution is 2.39. The van der Waals surface area contributed by atoms with E-state index in [1.54, 1.807) is 0 Å². The van der Waals surface area contributed by atoms with Crippen LogP contribution in [-0.4, -0.2) is 33.6 Å². The van der Waals surface area contributed by atoms with Gasteiger partial charge >= 0.3 is 20.2 Å². The van der Waals surface area contributed by atoms with Crippen molar-refractivity contribution in [3.05, 3.63) is 54.4 Å². The van der Waals surface area contributed by atoms with Crippen molar-refractivity contribution in [1.29, 1.82) is 0 Å². The lowest BCUT2D eigenvalue weighted by molar-refractivity contribution is -0.123. The molecule has 0 amide bonds. The van der Waals surface area contributed by atoms with Crippen LogP contribution in [-0.2, 0) is 25.0 Å². The molecule has 1 fully saturated rings. The molecule has 1 saturated carbocycles. The van der Waals surface area contributed by atoms with Crippen LogP contribution in [0.4, 0.5) is 0 Å². The third kappa shape index (κ3) is 8.67. The third-order valence-electron chi connectivity index (χ3n) is 5.92. The second kappa shape index (κ2) is 13.3. The first-order valence-corrected chi connectivity index (χ1v) is 16.7. The van der Waals surface area contributed by atoms with Gasteiger partial charge in [0.15, 0.2) is 11.5 Å². The average Bonchev–Trinajstić information content (AvgIpc) is 2.81. The Balaban J connectivity index is 1.85. The standard InChI is InChI=1S/C23H22Cl6O7S2/c24-14-8-17(26)22(18(27)9-14)35-37(31,32)7-6-16(12-21(30)13-4-2-1-3-5-13)38(33,34)36-23-19(28)10-15(25)11-20(23)29/h8-11,13,16H,1-7,12H2. The van der Waals surface area contributed by atoms with Crippen LogP contribution in [0.25, 0.3) is 0 Å². The molecule has 2 aromatic carbocycles. The van der Waals surface area contributed by atoms with Crippen molar-refractivity contribution in [3.8, 4) is 11.5 Å². The quantitative estimate of drug-likeness (QED) is 0.221. The molecule has 2 aromatic rings. The maximum absolute atomic E-state index is 13.3. The summed E-state index contributed by atoms with van der Waals surface area (Å²) in [6.07, 6.45) is 2.97. The van der Waals surface area contributed by atoms with Crippen molar-refractivity contribution in [3.63, 3.8) is 0 Å². The van der Waals surface area contributed by atoms with Crippen molar-refractivity contribution in [2.75, 3.05) is 5.75 Å². The molecule has 15 heteroatoms. The number of carbonyl (C=O) groups excluding carboxylic acids is 1. The van der Waals surface area contributed by atoms with Crippen LogP contribution in [0.5, 0.6) is 11.5 Å². The Hall–Kier alpha value is -0.650. The second-order valence-corrected chi connectivity index (χ2v) is 14.7. The summed E-state index contributed by atoms with van der Waals surface area (Å²) in [5, 5.41) is -1.89. The molecule has 0 saturated heterocycles. The van der Waals surface area contributed by atoms with Gasteiger partial charge in [-0.25, -0.2) is 0 Å². The van der Waals surface area contributed by atoms with Crippen LogP contribution in [0.3, 0.4) is 0 Å². The Labute approximate surface area is 251 Å². The first kappa shape index (κ1) is 31.9. The van der Waals surface area contributed by atoms with Gasteiger partial charge in [-0.05, 0) is 43.5 Å². The lowest BCUT2D eigenvalue weighted by Gasteiger charge is -2.23. The van der Waals surface area contributed by atoms with Crippen molar-refractivity contribution < 1.29 is 30.0 Å². The zero-order chi connectivity index (χ0) is 28.3. The highest BCUT2D eigenvalue weighted by molar-refractivity contribution is 7.88. The normalized spacial score (nSPS) is 15.7. The minimum atomic E-state index is -4.61. The first-order valence-electron chi connectivity index (χ1n) is 11.4. The molecular weight excluding hydrogens is 665 g/mol. The maximum atomic E-state index is 13.3. The lowest BCUT2D eigenvalue weighted by Crippen LogP contribution is -2.33. The number of hydrogen-bond donors (Lipinski definition) is 0. The van der Waals surface area contributed by atoms with E-state index in [9.17, 15) is 21.6 Å². The van der Waals surface area contributed by atoms with E-state index >= 15 is 0 Å². The van der Waals surface area contributed by atoms with E-state index in [1.165, 1.54) is 24.3 Å². The maximum Gasteiger partial charge on any atom is 0.312 e. The summed E-state index contributed by atoms with van der Waals surface area (Å²) in [4.78, 5) is 13.0. The molecule has 0 radical (unpaired) electrons. The topological polar surface area (TPSA) is 104 Å². The zero-order valence-electron chi connectivity index (χ0n) is 19.6. The van der Waals surface area contributed by atoms with Gasteiger partial charge in [-0.1, -0.05) is 88.9 Å². The molecule has 1 aliphatic carbocycles. The Morgan fingerprint density at radius 3 is 1.68 bits per heavy atom. The minimum absolute atomic E-state index is 0.150. The van der Waals surface area contributed by atoms with E-state index in [0.29, 0.717) is 12.8 Å². The van der Waals surface area contributed by atoms with Gasteiger partial charge in [0.1, 0.15) is 11.0 Å². The van der Waals surface area contributed by atoms with Crippen LogP contribution in [0.1, 0.15) is 44.9 Å². The van der Waals surface area contributed by atoms with Crippen LogP contribution in [0.15, 0.2) is 24.3 Å². The fraction of sp³-hybridized carbons (Fsp3) is 0.435. The number of Topliss-reactive ketones (excluding diaryl/α,β-unsaturated/α-hetero) is 1. The number of carbonyl (C=O) groups is 1. The van der Waals surface area contributed by atoms with Crippen LogP contribution in [0.2, 0.25) is 30.1 Å². The Morgan fingerprint density at radius 2 is 1.21 bits per heavy atom. The summed E-state index contributed by atoms with van der Waals surface area (Å²) < 4.78 is 62.4. The Bertz CT molecular complexity index is 1360. The number of ketones is 1. The summed E-state index contributed by atoms with van der Waals surface area (Å²) in [5.41, 5.74) is 0. The molecule has 7 nitrogen and oxygen atoms in total. The third-order valence-corrected chi connectivity index (χ3v) is 10.3. The van der Waals surface area contributed by atoms with Gasteiger partial charge in [-0.15, -0.1) is 0 Å². The first-order chi connectivity index (χ1) is 17.7. The lowest BCUT2D eigenvalue weighted by atomic mass is 9.84. The van der Waals surface area contributed by atoms with Gasteiger partial charge < -0.3 is 8.37 Å². The van der Waals surface area contributed by atoms with Gasteiger partial charge in [0.25, 0.3) is 0 Å². The molecule has 38 heavy (non-hydrogen) atoms. The number of hydrogen-bond acceptors (Lipinski definition) is 7. The van der Waals surface area contributed by atoms with E-state index in [4.69, 9.17) is 78.0 Å². The molecule has 0 spiro atoms. The molecule has 3 rings (SSSR count). The van der Waals surface area contributed by atoms with Crippen molar-refractivity contribution in [1.82, 2.24) is 0 Å². The van der Waals surface area contributed by atoms with Crippen molar-refractivity contribution in [2.24, 2.45) is 5.92 Å². The molecule has 210 valence electrons. The Kier molecular flexibility index (Phi) is 11.2. The largest absolute Gasteiger partial charge is 0.379 e. The zero-order valence-corrected chi connectivity index (χ0v) is 25.7. The summed E-state index contributed by atoms with van der Waals surface area (Å²) in [6, 6.07) is 4.95. The molecule has 0 bridgehead atoms. The SMILES string of the molecule is O=C(CC(CCS(=O)(=O)Oc1c(Cl)cc(Cl)cc1Cl)S(=O)(=O)Oc1c(Cl)cc(Cl)cc1Cl)C1CCCCC1. The predicted octanol–water partition coefficient (Wildman–Crippen LogP) is 8.02. The number of halogens is 6. The molecule has 0 aromatic heterocycles. The van der Waals surface area contributed by atoms with E-state index in [1.807, 2.05) is 0 Å². The van der Waals surface area contributed by atoms with E-state index in [-0.39, 0.29) is 53.3 Å². The summed E-state index contributed by atoms with van der Waals surface area (Å²) in [7, 11) is -9.02. The van der Waals surface area contributed by atoms with E-state index in [2.05, 4.69) is 0 Å². The average molecular weight is 687 g/mol. The van der Waals surface area contributed by atoms with E-state index in [0.717, 1.165) is 19.3 Å². The fourth-order valence-corrected chi connectivity index (χ4v) is 8.54. The number of benzene rings is 2. The molecular formula is C23H22Cl6O7S2. The van der Waals surface area contributed by atoms with Gasteiger partial charge in [0.2, 0.25) is 0 Å². The summed E-state index contributed by atoms with van der Waals surface area (Å²) in [6.45, 7) is 0. The summed E-state index contributed by atoms with van der Waals surface area (Å²) in [5.74, 6) is -2.14. The highest BCUT2D eigenvalue weighted by atomic mass is 35.5. The highest BCUT2D eigenvalue weighted by Gasteiger charge is 2.35. The molecule has 0 aliphatic heterocycles. The van der Waals surface area contributed by atoms with Crippen molar-refractivity contribution >= 4 is 95.6 Å². The van der Waals surface area contributed by atoms with Gasteiger partial charge in [-0.3, -0.25) is 4.79 Å². The predicted molar refractivity (Wildman–Crippen MR) is 152 cm³/mol. The minimum Gasteiger partial charge on any atom is -0.379 e. The summed E-state index contributed by atoms with van der Waals surface area (Å²) >= 11 is 35.9. The van der Waals surface area contributed by atoms with Crippen LogP contribution in [0, 0.1) is 5.92 Å². The smallest absolute Gasteiger partial charge is 0.312 e. The van der Waals surface area contributed by atoms with Crippen LogP contribution >= 0.6 is 69.6 Å². The van der Waals surface area contributed by atoms with E-state index < -0.39 is 44.1 Å².